The van der Waals surface area contributed by atoms with E-state index >= 15 is 0 Å². The molecule has 0 spiro atoms. The first-order valence-electron chi connectivity index (χ1n) is 10.1. The number of aliphatic hydroxyl groups is 1. The maximum atomic E-state index is 13.0. The van der Waals surface area contributed by atoms with Crippen LogP contribution in [0, 0.1) is 5.82 Å². The second-order valence-corrected chi connectivity index (χ2v) is 9.62. The van der Waals surface area contributed by atoms with Crippen molar-refractivity contribution in [2.24, 2.45) is 0 Å². The molecule has 0 aliphatic carbocycles. The van der Waals surface area contributed by atoms with Gasteiger partial charge in [0.25, 0.3) is 0 Å². The maximum absolute atomic E-state index is 13.0. The second kappa shape index (κ2) is 11.1. The highest BCUT2D eigenvalue weighted by atomic mass is 35.5. The summed E-state index contributed by atoms with van der Waals surface area (Å²) in [5, 5.41) is 15.4. The second-order valence-electron chi connectivity index (χ2n) is 7.41. The molecule has 1 saturated heterocycles. The Morgan fingerprint density at radius 3 is 2.62 bits per heavy atom. The number of carbonyl (C=O) groups is 1. The van der Waals surface area contributed by atoms with E-state index in [1.807, 2.05) is 0 Å². The van der Waals surface area contributed by atoms with Crippen LogP contribution in [-0.4, -0.2) is 51.0 Å². The molecule has 1 aliphatic heterocycles. The van der Waals surface area contributed by atoms with E-state index in [-0.39, 0.29) is 24.2 Å². The predicted molar refractivity (Wildman–Crippen MR) is 119 cm³/mol. The zero-order valence-electron chi connectivity index (χ0n) is 17.1. The summed E-state index contributed by atoms with van der Waals surface area (Å²) in [7, 11) is -3.69. The summed E-state index contributed by atoms with van der Waals surface area (Å²) < 4.78 is 46.1. The number of halogens is 2. The highest BCUT2D eigenvalue weighted by Crippen LogP contribution is 2.22. The minimum absolute atomic E-state index is 0.0826. The first-order valence-corrected chi connectivity index (χ1v) is 12.0. The minimum Gasteiger partial charge on any atom is -0.394 e. The Hall–Kier alpha value is -2.24. The zero-order chi connectivity index (χ0) is 23.1. The molecular formula is C21H25ClFN3O5S. The third-order valence-corrected chi connectivity index (χ3v) is 6.77. The minimum atomic E-state index is -3.69. The molecule has 3 rings (SSSR count). The molecule has 2 aromatic rings. The number of nitrogens with one attached hydrogen (secondary N) is 3. The standard InChI is InChI=1S/C21H25ClFN3O5S/c22-14-2-1-3-18(12-14)32(29,30)24-11-10-17-8-9-19(20(13-27)31-17)26-21(28)25-16-6-4-15(23)5-7-16/h1-7,12,17,19-20,24,27H,8-11,13H2,(H2,25,26,28)/t17-,19-,20-/m1/s1. The number of aliphatic hydroxyl groups excluding tert-OH is 1. The lowest BCUT2D eigenvalue weighted by Crippen LogP contribution is -2.52. The third-order valence-electron chi connectivity index (χ3n) is 5.08. The number of benzene rings is 2. The molecule has 0 aromatic heterocycles. The molecule has 2 aromatic carbocycles. The van der Waals surface area contributed by atoms with E-state index in [0.29, 0.717) is 30.0 Å². The van der Waals surface area contributed by atoms with Crippen molar-refractivity contribution in [3.8, 4) is 0 Å². The highest BCUT2D eigenvalue weighted by Gasteiger charge is 2.32. The van der Waals surface area contributed by atoms with Crippen LogP contribution in [0.5, 0.6) is 0 Å². The van der Waals surface area contributed by atoms with Crippen molar-refractivity contribution in [2.45, 2.75) is 42.4 Å². The lowest BCUT2D eigenvalue weighted by molar-refractivity contribution is -0.0884. The largest absolute Gasteiger partial charge is 0.394 e. The molecule has 1 heterocycles. The third kappa shape index (κ3) is 6.88. The van der Waals surface area contributed by atoms with Crippen LogP contribution in [0.3, 0.4) is 0 Å². The van der Waals surface area contributed by atoms with E-state index in [1.54, 1.807) is 12.1 Å². The monoisotopic (exact) mass is 485 g/mol. The van der Waals surface area contributed by atoms with E-state index in [0.717, 1.165) is 0 Å². The molecule has 2 amide bonds. The molecule has 0 radical (unpaired) electrons. The van der Waals surface area contributed by atoms with Crippen molar-refractivity contribution in [1.29, 1.82) is 0 Å². The van der Waals surface area contributed by atoms with E-state index in [2.05, 4.69) is 15.4 Å². The van der Waals surface area contributed by atoms with E-state index in [1.165, 1.54) is 36.4 Å². The van der Waals surface area contributed by atoms with Gasteiger partial charge in [0.1, 0.15) is 11.9 Å². The zero-order valence-corrected chi connectivity index (χ0v) is 18.7. The average Bonchev–Trinajstić information content (AvgIpc) is 2.76. The Morgan fingerprint density at radius 1 is 1.19 bits per heavy atom. The molecule has 4 N–H and O–H groups in total. The molecule has 0 saturated carbocycles. The molecule has 3 atom stereocenters. The summed E-state index contributed by atoms with van der Waals surface area (Å²) in [5.41, 5.74) is 0.436. The van der Waals surface area contributed by atoms with Crippen LogP contribution in [0.4, 0.5) is 14.9 Å². The van der Waals surface area contributed by atoms with Gasteiger partial charge in [0, 0.05) is 17.3 Å². The highest BCUT2D eigenvalue weighted by molar-refractivity contribution is 7.89. The van der Waals surface area contributed by atoms with Gasteiger partial charge in [0.05, 0.1) is 23.6 Å². The lowest BCUT2D eigenvalue weighted by Gasteiger charge is -2.36. The predicted octanol–water partition coefficient (Wildman–Crippen LogP) is 2.88. The number of ether oxygens (including phenoxy) is 1. The van der Waals surface area contributed by atoms with Gasteiger partial charge in [-0.15, -0.1) is 0 Å². The number of rotatable bonds is 8. The van der Waals surface area contributed by atoms with Crippen LogP contribution in [0.1, 0.15) is 19.3 Å². The maximum Gasteiger partial charge on any atom is 0.319 e. The van der Waals surface area contributed by atoms with Gasteiger partial charge in [-0.2, -0.15) is 0 Å². The van der Waals surface area contributed by atoms with E-state index in [4.69, 9.17) is 16.3 Å². The fraction of sp³-hybridized carbons (Fsp3) is 0.381. The Labute approximate surface area is 191 Å². The van der Waals surface area contributed by atoms with Gasteiger partial charge < -0.3 is 20.5 Å². The van der Waals surface area contributed by atoms with Gasteiger partial charge in [0.15, 0.2) is 0 Å². The molecule has 174 valence electrons. The first kappa shape index (κ1) is 24.4. The molecule has 11 heteroatoms. The normalized spacial score (nSPS) is 21.2. The molecular weight excluding hydrogens is 461 g/mol. The number of carbonyl (C=O) groups excluding carboxylic acids is 1. The lowest BCUT2D eigenvalue weighted by atomic mass is 9.97. The summed E-state index contributed by atoms with van der Waals surface area (Å²) in [5.74, 6) is -0.405. The summed E-state index contributed by atoms with van der Waals surface area (Å²) in [6.45, 7) is -0.146. The average molecular weight is 486 g/mol. The van der Waals surface area contributed by atoms with Crippen LogP contribution in [0.15, 0.2) is 53.4 Å². The van der Waals surface area contributed by atoms with Gasteiger partial charge >= 0.3 is 6.03 Å². The number of hydrogen-bond acceptors (Lipinski definition) is 5. The number of sulfonamides is 1. The van der Waals surface area contributed by atoms with E-state index < -0.39 is 34.0 Å². The number of anilines is 1. The Morgan fingerprint density at radius 2 is 1.94 bits per heavy atom. The molecule has 8 nitrogen and oxygen atoms in total. The van der Waals surface area contributed by atoms with Gasteiger partial charge in [-0.25, -0.2) is 22.3 Å². The van der Waals surface area contributed by atoms with Crippen LogP contribution in [0.25, 0.3) is 0 Å². The summed E-state index contributed by atoms with van der Waals surface area (Å²) >= 11 is 5.85. The Bertz CT molecular complexity index is 1020. The van der Waals surface area contributed by atoms with Gasteiger partial charge in [-0.3, -0.25) is 0 Å². The van der Waals surface area contributed by atoms with Gasteiger partial charge in [-0.05, 0) is 61.7 Å². The van der Waals surface area contributed by atoms with Crippen LogP contribution in [0.2, 0.25) is 5.02 Å². The van der Waals surface area contributed by atoms with Crippen molar-refractivity contribution in [3.05, 3.63) is 59.4 Å². The summed E-state index contributed by atoms with van der Waals surface area (Å²) in [6.07, 6.45) is 0.639. The molecule has 32 heavy (non-hydrogen) atoms. The van der Waals surface area contributed by atoms with Crippen molar-refractivity contribution >= 4 is 33.3 Å². The molecule has 1 fully saturated rings. The Balaban J connectivity index is 1.46. The Kier molecular flexibility index (Phi) is 8.44. The van der Waals surface area contributed by atoms with E-state index in [9.17, 15) is 22.7 Å². The number of hydrogen-bond donors (Lipinski definition) is 4. The van der Waals surface area contributed by atoms with Crippen molar-refractivity contribution in [3.63, 3.8) is 0 Å². The van der Waals surface area contributed by atoms with Gasteiger partial charge in [-0.1, -0.05) is 17.7 Å². The van der Waals surface area contributed by atoms with Gasteiger partial charge in [0.2, 0.25) is 10.0 Å². The molecule has 0 bridgehead atoms. The quantitative estimate of drug-likeness (QED) is 0.458. The fourth-order valence-electron chi connectivity index (χ4n) is 3.45. The van der Waals surface area contributed by atoms with Crippen molar-refractivity contribution in [2.75, 3.05) is 18.5 Å². The molecule has 1 aliphatic rings. The topological polar surface area (TPSA) is 117 Å². The van der Waals surface area contributed by atoms with Crippen LogP contribution < -0.4 is 15.4 Å². The first-order chi connectivity index (χ1) is 15.3. The summed E-state index contributed by atoms with van der Waals surface area (Å²) in [6, 6.07) is 10.4. The van der Waals surface area contributed by atoms with Crippen LogP contribution >= 0.6 is 11.6 Å². The van der Waals surface area contributed by atoms with Crippen molar-refractivity contribution in [1.82, 2.24) is 10.0 Å². The fourth-order valence-corrected chi connectivity index (χ4v) is 4.80. The SMILES string of the molecule is O=C(Nc1ccc(F)cc1)N[C@@H]1CC[C@H](CCNS(=O)(=O)c2cccc(Cl)c2)O[C@@H]1CO. The summed E-state index contributed by atoms with van der Waals surface area (Å²) in [4.78, 5) is 12.3. The van der Waals surface area contributed by atoms with Crippen LogP contribution in [-0.2, 0) is 14.8 Å². The van der Waals surface area contributed by atoms with Crippen molar-refractivity contribution < 1.29 is 27.4 Å². The molecule has 0 unspecified atom stereocenters. The number of amides is 2. The number of urea groups is 1. The smallest absolute Gasteiger partial charge is 0.319 e.